The summed E-state index contributed by atoms with van der Waals surface area (Å²) in [5, 5.41) is 0. The predicted molar refractivity (Wildman–Crippen MR) is 105 cm³/mol. The first-order valence-corrected chi connectivity index (χ1v) is 8.60. The lowest BCUT2D eigenvalue weighted by Gasteiger charge is -2.10. The number of pyridine rings is 1. The second-order valence-electron chi connectivity index (χ2n) is 6.08. The molecule has 0 saturated heterocycles. The number of aryl methyl sites for hydroxylation is 2. The number of hydrogen-bond acceptors (Lipinski definition) is 3. The van der Waals surface area contributed by atoms with E-state index < -0.39 is 0 Å². The number of aromatic nitrogens is 1. The quantitative estimate of drug-likeness (QED) is 0.726. The minimum absolute atomic E-state index is 0.233. The molecule has 0 amide bonds. The van der Waals surface area contributed by atoms with Crippen molar-refractivity contribution in [1.82, 2.24) is 4.98 Å². The molecule has 0 unspecified atom stereocenters. The highest BCUT2D eigenvalue weighted by Crippen LogP contribution is 2.22. The molecule has 0 aliphatic heterocycles. The number of nitrogens with zero attached hydrogens (tertiary/aromatic N) is 1. The van der Waals surface area contributed by atoms with Crippen molar-refractivity contribution in [2.45, 2.75) is 39.5 Å². The van der Waals surface area contributed by atoms with Crippen molar-refractivity contribution in [1.29, 1.82) is 0 Å². The molecule has 1 heterocycles. The van der Waals surface area contributed by atoms with Gasteiger partial charge in [0.2, 0.25) is 0 Å². The maximum atomic E-state index is 12.1. The van der Waals surface area contributed by atoms with Gasteiger partial charge in [-0.1, -0.05) is 37.8 Å². The molecule has 0 radical (unpaired) electrons. The molecule has 0 aliphatic rings. The van der Waals surface area contributed by atoms with E-state index in [0.717, 1.165) is 23.1 Å². The lowest BCUT2D eigenvalue weighted by molar-refractivity contribution is -0.118. The molecule has 0 saturated carbocycles. The predicted octanol–water partition coefficient (Wildman–Crippen LogP) is 4.82. The van der Waals surface area contributed by atoms with Gasteiger partial charge in [-0.3, -0.25) is 9.78 Å². The van der Waals surface area contributed by atoms with Gasteiger partial charge in [0.1, 0.15) is 5.78 Å². The molecule has 3 heteroatoms. The first-order chi connectivity index (χ1) is 12.0. The molecule has 0 aliphatic carbocycles. The molecule has 0 bridgehead atoms. The van der Waals surface area contributed by atoms with E-state index in [1.807, 2.05) is 12.1 Å². The number of Topliss-reactive ketones (excluding diaryl/α,β-unsaturated/α-hetero) is 1. The Morgan fingerprint density at radius 3 is 2.52 bits per heavy atom. The molecule has 2 aromatic rings. The number of hydrogen-bond donors (Lipinski definition) is 0. The third kappa shape index (κ3) is 7.44. The Morgan fingerprint density at radius 1 is 1.20 bits per heavy atom. The summed E-state index contributed by atoms with van der Waals surface area (Å²) >= 11 is 0. The molecule has 1 aromatic carbocycles. The first kappa shape index (κ1) is 20.8. The Hall–Kier alpha value is -2.26. The van der Waals surface area contributed by atoms with Crippen LogP contribution in [0.4, 0.5) is 0 Å². The fourth-order valence-electron chi connectivity index (χ4n) is 2.53. The van der Waals surface area contributed by atoms with E-state index in [9.17, 15) is 4.79 Å². The van der Waals surface area contributed by atoms with Crippen molar-refractivity contribution in [3.63, 3.8) is 0 Å². The molecule has 1 aromatic heterocycles. The van der Waals surface area contributed by atoms with E-state index >= 15 is 0 Å². The standard InChI is InChI=1S/C20H23NO.C2H6O/c1-4-18-13-19(9-7-15(18)2)16(3)8-10-20(22)12-17-6-5-11-21-14-17;1-3-2/h5-7,9,11,13-14H,3-4,8,10,12H2,1-2H3;1-2H3. The Morgan fingerprint density at radius 2 is 1.92 bits per heavy atom. The van der Waals surface area contributed by atoms with Crippen LogP contribution in [-0.2, 0) is 22.4 Å². The van der Waals surface area contributed by atoms with Gasteiger partial charge in [0.15, 0.2) is 0 Å². The fraction of sp³-hybridized carbons (Fsp3) is 0.364. The van der Waals surface area contributed by atoms with E-state index in [4.69, 9.17) is 0 Å². The number of carbonyl (C=O) groups excluding carboxylic acids is 1. The van der Waals surface area contributed by atoms with Crippen molar-refractivity contribution in [2.24, 2.45) is 0 Å². The molecule has 0 atom stereocenters. The lowest BCUT2D eigenvalue weighted by Crippen LogP contribution is -2.03. The molecule has 134 valence electrons. The number of carbonyl (C=O) groups is 1. The van der Waals surface area contributed by atoms with Crippen molar-refractivity contribution >= 4 is 11.4 Å². The Balaban J connectivity index is 0.000000970. The minimum Gasteiger partial charge on any atom is -0.388 e. The van der Waals surface area contributed by atoms with Gasteiger partial charge in [-0.2, -0.15) is 0 Å². The summed E-state index contributed by atoms with van der Waals surface area (Å²) in [5.74, 6) is 0.233. The maximum Gasteiger partial charge on any atom is 0.137 e. The number of rotatable bonds is 7. The monoisotopic (exact) mass is 339 g/mol. The van der Waals surface area contributed by atoms with Crippen LogP contribution < -0.4 is 0 Å². The third-order valence-electron chi connectivity index (χ3n) is 3.97. The van der Waals surface area contributed by atoms with E-state index in [1.54, 1.807) is 26.6 Å². The Kier molecular flexibility index (Phi) is 9.41. The van der Waals surface area contributed by atoms with Crippen molar-refractivity contribution in [2.75, 3.05) is 14.2 Å². The van der Waals surface area contributed by atoms with Gasteiger partial charge in [-0.05, 0) is 53.7 Å². The van der Waals surface area contributed by atoms with Crippen LogP contribution >= 0.6 is 0 Å². The molecule has 0 fully saturated rings. The third-order valence-corrected chi connectivity index (χ3v) is 3.97. The largest absolute Gasteiger partial charge is 0.388 e. The number of ether oxygens (including phenoxy) is 1. The van der Waals surface area contributed by atoms with Gasteiger partial charge >= 0.3 is 0 Å². The van der Waals surface area contributed by atoms with Crippen molar-refractivity contribution in [3.8, 4) is 0 Å². The van der Waals surface area contributed by atoms with Crippen LogP contribution in [0.3, 0.4) is 0 Å². The van der Waals surface area contributed by atoms with Crippen molar-refractivity contribution in [3.05, 3.63) is 71.6 Å². The van der Waals surface area contributed by atoms with E-state index in [0.29, 0.717) is 19.3 Å². The van der Waals surface area contributed by atoms with E-state index in [2.05, 4.69) is 48.3 Å². The number of allylic oxidation sites excluding steroid dienone is 1. The van der Waals surface area contributed by atoms with Crippen LogP contribution in [0.2, 0.25) is 0 Å². The summed E-state index contributed by atoms with van der Waals surface area (Å²) in [7, 11) is 3.25. The normalized spacial score (nSPS) is 9.92. The van der Waals surface area contributed by atoms with Crippen LogP contribution in [0.15, 0.2) is 49.3 Å². The molecular weight excluding hydrogens is 310 g/mol. The average Bonchev–Trinajstić information content (AvgIpc) is 2.61. The smallest absolute Gasteiger partial charge is 0.137 e. The molecule has 0 N–H and O–H groups in total. The maximum absolute atomic E-state index is 12.1. The van der Waals surface area contributed by atoms with Crippen LogP contribution in [0.25, 0.3) is 5.57 Å². The van der Waals surface area contributed by atoms with Crippen LogP contribution in [0, 0.1) is 6.92 Å². The van der Waals surface area contributed by atoms with Crippen molar-refractivity contribution < 1.29 is 9.53 Å². The summed E-state index contributed by atoms with van der Waals surface area (Å²) in [4.78, 5) is 16.1. The summed E-state index contributed by atoms with van der Waals surface area (Å²) < 4.78 is 4.25. The highest BCUT2D eigenvalue weighted by atomic mass is 16.4. The van der Waals surface area contributed by atoms with Crippen LogP contribution in [0.1, 0.15) is 42.0 Å². The summed E-state index contributed by atoms with van der Waals surface area (Å²) in [6, 6.07) is 10.2. The van der Waals surface area contributed by atoms with E-state index in [-0.39, 0.29) is 5.78 Å². The van der Waals surface area contributed by atoms with Gasteiger partial charge in [0.25, 0.3) is 0 Å². The molecular formula is C22H29NO2. The van der Waals surface area contributed by atoms with E-state index in [1.165, 1.54) is 11.1 Å². The molecule has 0 spiro atoms. The van der Waals surface area contributed by atoms with Gasteiger partial charge in [0.05, 0.1) is 0 Å². The minimum atomic E-state index is 0.233. The average molecular weight is 339 g/mol. The van der Waals surface area contributed by atoms with Gasteiger partial charge in [-0.15, -0.1) is 0 Å². The summed E-state index contributed by atoms with van der Waals surface area (Å²) in [5.41, 5.74) is 5.82. The Bertz CT molecular complexity index is 678. The zero-order valence-electron chi connectivity index (χ0n) is 15.8. The molecule has 25 heavy (non-hydrogen) atoms. The van der Waals surface area contributed by atoms with Gasteiger partial charge in [0, 0.05) is 39.5 Å². The topological polar surface area (TPSA) is 39.2 Å². The second-order valence-corrected chi connectivity index (χ2v) is 6.08. The number of ketones is 1. The number of methoxy groups -OCH3 is 1. The van der Waals surface area contributed by atoms with Gasteiger partial charge < -0.3 is 4.74 Å². The SMILES string of the molecule is C=C(CCC(=O)Cc1cccnc1)c1ccc(C)c(CC)c1.COC. The van der Waals surface area contributed by atoms with Gasteiger partial charge in [-0.25, -0.2) is 0 Å². The Labute approximate surface area is 151 Å². The lowest BCUT2D eigenvalue weighted by atomic mass is 9.95. The zero-order valence-corrected chi connectivity index (χ0v) is 15.8. The second kappa shape index (κ2) is 11.3. The fourth-order valence-corrected chi connectivity index (χ4v) is 2.53. The molecule has 3 nitrogen and oxygen atoms in total. The number of benzene rings is 1. The van der Waals surface area contributed by atoms with Crippen LogP contribution in [0.5, 0.6) is 0 Å². The van der Waals surface area contributed by atoms with Crippen LogP contribution in [-0.4, -0.2) is 25.0 Å². The summed E-state index contributed by atoms with van der Waals surface area (Å²) in [6.07, 6.45) is 6.19. The highest BCUT2D eigenvalue weighted by molar-refractivity contribution is 5.82. The highest BCUT2D eigenvalue weighted by Gasteiger charge is 2.07. The summed E-state index contributed by atoms with van der Waals surface area (Å²) in [6.45, 7) is 8.43. The zero-order chi connectivity index (χ0) is 18.7. The first-order valence-electron chi connectivity index (χ1n) is 8.60. The molecule has 2 rings (SSSR count).